The van der Waals surface area contributed by atoms with Crippen molar-refractivity contribution in [2.45, 2.75) is 24.9 Å². The van der Waals surface area contributed by atoms with Crippen LogP contribution in [0.3, 0.4) is 0 Å². The lowest BCUT2D eigenvalue weighted by molar-refractivity contribution is -0.131. The molecule has 1 amide bonds. The number of carbonyl (C=O) groups excluding carboxylic acids is 1. The Morgan fingerprint density at radius 3 is 2.35 bits per heavy atom. The van der Waals surface area contributed by atoms with Crippen LogP contribution >= 0.6 is 11.8 Å². The number of benzene rings is 1. The Hall–Kier alpha value is -1.05. The van der Waals surface area contributed by atoms with Gasteiger partial charge in [0, 0.05) is 31.9 Å². The van der Waals surface area contributed by atoms with E-state index in [0.29, 0.717) is 26.2 Å². The number of hydrogen-bond donors (Lipinski definition) is 0. The highest BCUT2D eigenvalue weighted by molar-refractivity contribution is 7.99. The van der Waals surface area contributed by atoms with Gasteiger partial charge in [0.15, 0.2) is 0 Å². The topological polar surface area (TPSA) is 57.7 Å². The summed E-state index contributed by atoms with van der Waals surface area (Å²) in [5.41, 5.74) is 1.20. The third kappa shape index (κ3) is 4.96. The number of thioether (sulfide) groups is 1. The van der Waals surface area contributed by atoms with E-state index in [9.17, 15) is 13.2 Å². The summed E-state index contributed by atoms with van der Waals surface area (Å²) >= 11 is 1.62. The predicted octanol–water partition coefficient (Wildman–Crippen LogP) is 1.80. The number of rotatable bonds is 6. The van der Waals surface area contributed by atoms with Crippen molar-refractivity contribution in [2.24, 2.45) is 0 Å². The Morgan fingerprint density at radius 1 is 1.17 bits per heavy atom. The Balaban J connectivity index is 1.82. The Labute approximate surface area is 143 Å². The van der Waals surface area contributed by atoms with Gasteiger partial charge in [0.1, 0.15) is 0 Å². The van der Waals surface area contributed by atoms with Crippen LogP contribution in [-0.2, 0) is 20.6 Å². The van der Waals surface area contributed by atoms with Crippen molar-refractivity contribution in [1.82, 2.24) is 9.21 Å². The van der Waals surface area contributed by atoms with E-state index in [0.717, 1.165) is 5.75 Å². The maximum Gasteiger partial charge on any atom is 0.235 e. The second kappa shape index (κ2) is 8.17. The van der Waals surface area contributed by atoms with Crippen LogP contribution in [0.1, 0.15) is 19.4 Å². The molecule has 0 spiro atoms. The standard InChI is InChI=1S/C16H24N2O3S2/c1-3-23(20,21)18-11-9-17(10-12-18)16(19)14(2)22-13-15-7-5-4-6-8-15/h4-8,14H,3,9-13H2,1-2H3/t14-/m0/s1. The van der Waals surface area contributed by atoms with Gasteiger partial charge in [0.25, 0.3) is 0 Å². The van der Waals surface area contributed by atoms with Crippen molar-refractivity contribution >= 4 is 27.7 Å². The molecule has 0 saturated carbocycles. The molecular weight excluding hydrogens is 332 g/mol. The zero-order valence-electron chi connectivity index (χ0n) is 13.6. The lowest BCUT2D eigenvalue weighted by atomic mass is 10.2. The van der Waals surface area contributed by atoms with Crippen molar-refractivity contribution < 1.29 is 13.2 Å². The number of carbonyl (C=O) groups is 1. The summed E-state index contributed by atoms with van der Waals surface area (Å²) in [5.74, 6) is 1.02. The summed E-state index contributed by atoms with van der Waals surface area (Å²) < 4.78 is 25.2. The first kappa shape index (κ1) is 18.3. The predicted molar refractivity (Wildman–Crippen MR) is 94.8 cm³/mol. The van der Waals surface area contributed by atoms with Crippen molar-refractivity contribution in [1.29, 1.82) is 0 Å². The van der Waals surface area contributed by atoms with E-state index < -0.39 is 10.0 Å². The van der Waals surface area contributed by atoms with Gasteiger partial charge >= 0.3 is 0 Å². The number of hydrogen-bond acceptors (Lipinski definition) is 4. The Bertz CT molecular complexity index is 611. The monoisotopic (exact) mass is 356 g/mol. The van der Waals surface area contributed by atoms with E-state index in [1.807, 2.05) is 25.1 Å². The van der Waals surface area contributed by atoms with Crippen LogP contribution in [0.25, 0.3) is 0 Å². The summed E-state index contributed by atoms with van der Waals surface area (Å²) in [6.07, 6.45) is 0. The Kier molecular flexibility index (Phi) is 6.50. The second-order valence-electron chi connectivity index (χ2n) is 5.56. The van der Waals surface area contributed by atoms with Crippen molar-refractivity contribution in [3.05, 3.63) is 35.9 Å². The fourth-order valence-electron chi connectivity index (χ4n) is 2.49. The molecule has 128 valence electrons. The molecule has 0 bridgehead atoms. The molecule has 0 N–H and O–H groups in total. The molecule has 1 atom stereocenters. The van der Waals surface area contributed by atoms with Gasteiger partial charge in [-0.1, -0.05) is 30.3 Å². The van der Waals surface area contributed by atoms with Crippen LogP contribution in [-0.4, -0.2) is 60.7 Å². The first-order valence-corrected chi connectivity index (χ1v) is 10.5. The maximum atomic E-state index is 12.5. The van der Waals surface area contributed by atoms with Crippen molar-refractivity contribution in [3.63, 3.8) is 0 Å². The van der Waals surface area contributed by atoms with Crippen LogP contribution in [0.5, 0.6) is 0 Å². The van der Waals surface area contributed by atoms with Gasteiger partial charge in [0.05, 0.1) is 11.0 Å². The van der Waals surface area contributed by atoms with Crippen LogP contribution in [0, 0.1) is 0 Å². The van der Waals surface area contributed by atoms with Gasteiger partial charge in [-0.05, 0) is 19.4 Å². The van der Waals surface area contributed by atoms with Crippen molar-refractivity contribution in [2.75, 3.05) is 31.9 Å². The second-order valence-corrected chi connectivity index (χ2v) is 9.15. The van der Waals surface area contributed by atoms with E-state index in [1.54, 1.807) is 23.6 Å². The lowest BCUT2D eigenvalue weighted by Crippen LogP contribution is -2.52. The third-order valence-electron chi connectivity index (χ3n) is 4.00. The molecule has 1 saturated heterocycles. The minimum absolute atomic E-state index is 0.0967. The number of piperazine rings is 1. The van der Waals surface area contributed by atoms with E-state index in [-0.39, 0.29) is 16.9 Å². The van der Waals surface area contributed by atoms with E-state index >= 15 is 0 Å². The molecular formula is C16H24N2O3S2. The molecule has 5 nitrogen and oxygen atoms in total. The largest absolute Gasteiger partial charge is 0.339 e. The summed E-state index contributed by atoms with van der Waals surface area (Å²) in [7, 11) is -3.15. The summed E-state index contributed by atoms with van der Waals surface area (Å²) in [6.45, 7) is 5.33. The summed E-state index contributed by atoms with van der Waals surface area (Å²) in [4.78, 5) is 14.3. The van der Waals surface area contributed by atoms with E-state index in [1.165, 1.54) is 9.87 Å². The molecule has 1 aromatic carbocycles. The molecule has 0 aromatic heterocycles. The molecule has 23 heavy (non-hydrogen) atoms. The van der Waals surface area contributed by atoms with E-state index in [2.05, 4.69) is 12.1 Å². The SMILES string of the molecule is CCS(=O)(=O)N1CCN(C(=O)[C@H](C)SCc2ccccc2)CC1. The highest BCUT2D eigenvalue weighted by Crippen LogP contribution is 2.20. The molecule has 0 aliphatic carbocycles. The van der Waals surface area contributed by atoms with Gasteiger partial charge in [-0.2, -0.15) is 4.31 Å². The smallest absolute Gasteiger partial charge is 0.235 e. The third-order valence-corrected chi connectivity index (χ3v) is 7.08. The molecule has 1 heterocycles. The van der Waals surface area contributed by atoms with Crippen molar-refractivity contribution in [3.8, 4) is 0 Å². The fraction of sp³-hybridized carbons (Fsp3) is 0.562. The average Bonchev–Trinajstić information content (AvgIpc) is 2.60. The average molecular weight is 357 g/mol. The summed E-state index contributed by atoms with van der Waals surface area (Å²) in [6, 6.07) is 10.1. The van der Waals surface area contributed by atoms with Crippen LogP contribution in [0.15, 0.2) is 30.3 Å². The van der Waals surface area contributed by atoms with Crippen LogP contribution in [0.2, 0.25) is 0 Å². The van der Waals surface area contributed by atoms with E-state index in [4.69, 9.17) is 0 Å². The molecule has 1 aliphatic rings. The molecule has 1 aromatic rings. The lowest BCUT2D eigenvalue weighted by Gasteiger charge is -2.35. The zero-order chi connectivity index (χ0) is 16.9. The molecule has 1 aliphatic heterocycles. The van der Waals surface area contributed by atoms with Gasteiger partial charge < -0.3 is 4.90 Å². The maximum absolute atomic E-state index is 12.5. The molecule has 2 rings (SSSR count). The number of sulfonamides is 1. The quantitative estimate of drug-likeness (QED) is 0.780. The minimum Gasteiger partial charge on any atom is -0.339 e. The molecule has 0 radical (unpaired) electrons. The first-order chi connectivity index (χ1) is 10.9. The Morgan fingerprint density at radius 2 is 1.78 bits per heavy atom. The normalized spacial score (nSPS) is 17.9. The molecule has 0 unspecified atom stereocenters. The van der Waals surface area contributed by atoms with Gasteiger partial charge in [-0.3, -0.25) is 4.79 Å². The van der Waals surface area contributed by atoms with Crippen LogP contribution in [0.4, 0.5) is 0 Å². The fourth-order valence-corrected chi connectivity index (χ4v) is 4.50. The molecule has 1 fully saturated rings. The summed E-state index contributed by atoms with van der Waals surface area (Å²) in [5, 5.41) is -0.121. The highest BCUT2D eigenvalue weighted by atomic mass is 32.2. The zero-order valence-corrected chi connectivity index (χ0v) is 15.3. The number of amides is 1. The minimum atomic E-state index is -3.15. The van der Waals surface area contributed by atoms with Gasteiger partial charge in [-0.15, -0.1) is 11.8 Å². The highest BCUT2D eigenvalue weighted by Gasteiger charge is 2.29. The first-order valence-electron chi connectivity index (χ1n) is 7.86. The van der Waals surface area contributed by atoms with Gasteiger partial charge in [0.2, 0.25) is 15.9 Å². The van der Waals surface area contributed by atoms with Gasteiger partial charge in [-0.25, -0.2) is 8.42 Å². The molecule has 7 heteroatoms. The van der Waals surface area contributed by atoms with Crippen LogP contribution < -0.4 is 0 Å². The number of nitrogens with zero attached hydrogens (tertiary/aromatic N) is 2.